The van der Waals surface area contributed by atoms with Crippen molar-refractivity contribution in [2.75, 3.05) is 5.32 Å². The number of aromatic nitrogens is 1. The lowest BCUT2D eigenvalue weighted by Crippen LogP contribution is -2.26. The molecule has 0 saturated carbocycles. The van der Waals surface area contributed by atoms with Crippen molar-refractivity contribution in [3.8, 4) is 11.3 Å². The highest BCUT2D eigenvalue weighted by atomic mass is 16.6. The number of amides is 1. The van der Waals surface area contributed by atoms with Crippen molar-refractivity contribution in [3.05, 3.63) is 107 Å². The number of nitrogens with zero attached hydrogens (tertiary/aromatic N) is 1. The van der Waals surface area contributed by atoms with Crippen molar-refractivity contribution in [3.63, 3.8) is 0 Å². The van der Waals surface area contributed by atoms with Crippen LogP contribution in [0.5, 0.6) is 0 Å². The number of hydrogen-bond donors (Lipinski definition) is 2. The van der Waals surface area contributed by atoms with Gasteiger partial charge >= 0.3 is 12.1 Å². The minimum absolute atomic E-state index is 0.133. The van der Waals surface area contributed by atoms with Crippen LogP contribution in [0.3, 0.4) is 0 Å². The van der Waals surface area contributed by atoms with Gasteiger partial charge in [-0.3, -0.25) is 5.32 Å². The van der Waals surface area contributed by atoms with Crippen molar-refractivity contribution in [2.24, 2.45) is 0 Å². The molecule has 37 heavy (non-hydrogen) atoms. The number of carbonyl (C=O) groups excluding carboxylic acids is 1. The molecule has 0 bridgehead atoms. The van der Waals surface area contributed by atoms with E-state index in [0.29, 0.717) is 22.7 Å². The molecule has 8 nitrogen and oxygen atoms in total. The van der Waals surface area contributed by atoms with Crippen LogP contribution in [0.4, 0.5) is 10.5 Å². The summed E-state index contributed by atoms with van der Waals surface area (Å²) in [4.78, 5) is 24.2. The molecule has 0 fully saturated rings. The molecule has 0 radical (unpaired) electrons. The number of nitrogens with one attached hydrogen (secondary N) is 1. The Bertz CT molecular complexity index is 1320. The molecule has 0 aliphatic rings. The summed E-state index contributed by atoms with van der Waals surface area (Å²) in [6, 6.07) is 26.0. The van der Waals surface area contributed by atoms with Crippen molar-refractivity contribution in [1.29, 1.82) is 0 Å². The maximum atomic E-state index is 12.6. The molecule has 0 spiro atoms. The van der Waals surface area contributed by atoms with Crippen LogP contribution in [0, 0.1) is 6.92 Å². The Kier molecular flexibility index (Phi) is 8.33. The lowest BCUT2D eigenvalue weighted by Gasteiger charge is -2.15. The minimum atomic E-state index is -1.01. The first-order chi connectivity index (χ1) is 17.9. The Hall–Kier alpha value is -4.43. The number of carboxylic acid groups (broad SMARTS) is 1. The van der Waals surface area contributed by atoms with Crippen LogP contribution in [0.25, 0.3) is 11.3 Å². The van der Waals surface area contributed by atoms with Gasteiger partial charge in [0.15, 0.2) is 11.9 Å². The molecule has 1 aromatic heterocycles. The van der Waals surface area contributed by atoms with Gasteiger partial charge in [0.2, 0.25) is 0 Å². The highest BCUT2D eigenvalue weighted by molar-refractivity contribution is 5.90. The molecule has 4 aromatic rings. The van der Waals surface area contributed by atoms with Crippen LogP contribution in [-0.2, 0) is 27.3 Å². The van der Waals surface area contributed by atoms with Gasteiger partial charge < -0.3 is 19.1 Å². The number of aliphatic carboxylic acids is 1. The van der Waals surface area contributed by atoms with Crippen LogP contribution in [0.15, 0.2) is 89.5 Å². The van der Waals surface area contributed by atoms with E-state index in [1.807, 2.05) is 72.8 Å². The minimum Gasteiger partial charge on any atom is -0.479 e. The standard InChI is InChI=1S/C29H28N2O6/c1-19-26(30-29(34)36-20(2)23-11-7-4-8-12-23)27(37-31-19)24-15-13-22(14-16-24)18-35-25(28(32)33)17-21-9-5-3-6-10-21/h3-16,20,25H,17-18H2,1-2H3,(H,30,34)(H,32,33). The summed E-state index contributed by atoms with van der Waals surface area (Å²) in [5, 5.41) is 16.3. The number of anilines is 1. The fraction of sp³-hybridized carbons (Fsp3) is 0.207. The highest BCUT2D eigenvalue weighted by Gasteiger charge is 2.21. The van der Waals surface area contributed by atoms with Crippen molar-refractivity contribution >= 4 is 17.7 Å². The summed E-state index contributed by atoms with van der Waals surface area (Å²) < 4.78 is 16.7. The summed E-state index contributed by atoms with van der Waals surface area (Å²) in [6.45, 7) is 3.66. The monoisotopic (exact) mass is 500 g/mol. The van der Waals surface area contributed by atoms with Gasteiger partial charge in [0.05, 0.1) is 6.61 Å². The van der Waals surface area contributed by atoms with Gasteiger partial charge in [-0.1, -0.05) is 90.1 Å². The molecule has 1 amide bonds. The van der Waals surface area contributed by atoms with E-state index in [1.54, 1.807) is 26.0 Å². The quantitative estimate of drug-likeness (QED) is 0.268. The molecule has 0 saturated heterocycles. The molecule has 4 rings (SSSR count). The summed E-state index contributed by atoms with van der Waals surface area (Å²) in [5.41, 5.74) is 4.19. The zero-order valence-electron chi connectivity index (χ0n) is 20.6. The summed E-state index contributed by atoms with van der Waals surface area (Å²) >= 11 is 0. The first-order valence-corrected chi connectivity index (χ1v) is 11.9. The summed E-state index contributed by atoms with van der Waals surface area (Å²) in [5.74, 6) is -0.622. The second-order valence-corrected chi connectivity index (χ2v) is 8.58. The SMILES string of the molecule is Cc1noc(-c2ccc(COC(Cc3ccccc3)C(=O)O)cc2)c1NC(=O)OC(C)c1ccccc1. The molecule has 0 aliphatic heterocycles. The van der Waals surface area contributed by atoms with E-state index in [0.717, 1.165) is 16.7 Å². The first kappa shape index (κ1) is 25.7. The van der Waals surface area contributed by atoms with E-state index in [2.05, 4.69) is 10.5 Å². The smallest absolute Gasteiger partial charge is 0.412 e. The lowest BCUT2D eigenvalue weighted by molar-refractivity contribution is -0.151. The van der Waals surface area contributed by atoms with E-state index < -0.39 is 24.3 Å². The number of carbonyl (C=O) groups is 2. The van der Waals surface area contributed by atoms with Gasteiger partial charge in [-0.15, -0.1) is 0 Å². The Morgan fingerprint density at radius 2 is 1.59 bits per heavy atom. The zero-order chi connectivity index (χ0) is 26.2. The fourth-order valence-electron chi connectivity index (χ4n) is 3.79. The summed E-state index contributed by atoms with van der Waals surface area (Å²) in [6.07, 6.45) is -1.73. The molecular formula is C29H28N2O6. The van der Waals surface area contributed by atoms with Gasteiger partial charge in [-0.05, 0) is 30.5 Å². The van der Waals surface area contributed by atoms with Crippen LogP contribution in [0.2, 0.25) is 0 Å². The van der Waals surface area contributed by atoms with Crippen LogP contribution in [0.1, 0.15) is 35.4 Å². The second kappa shape index (κ2) is 12.0. The lowest BCUT2D eigenvalue weighted by atomic mass is 10.1. The molecule has 3 aromatic carbocycles. The van der Waals surface area contributed by atoms with E-state index >= 15 is 0 Å². The third kappa shape index (κ3) is 6.83. The molecule has 1 heterocycles. The average Bonchev–Trinajstić information content (AvgIpc) is 3.27. The Morgan fingerprint density at radius 1 is 0.946 bits per heavy atom. The van der Waals surface area contributed by atoms with Gasteiger partial charge in [-0.25, -0.2) is 9.59 Å². The first-order valence-electron chi connectivity index (χ1n) is 11.9. The maximum absolute atomic E-state index is 12.6. The predicted molar refractivity (Wildman–Crippen MR) is 138 cm³/mol. The molecule has 2 atom stereocenters. The van der Waals surface area contributed by atoms with E-state index in [4.69, 9.17) is 14.0 Å². The molecule has 0 aliphatic carbocycles. The van der Waals surface area contributed by atoms with Crippen molar-refractivity contribution < 1.29 is 28.7 Å². The molecule has 8 heteroatoms. The third-order valence-electron chi connectivity index (χ3n) is 5.85. The van der Waals surface area contributed by atoms with E-state index in [9.17, 15) is 14.7 Å². The number of aryl methyl sites for hydroxylation is 1. The molecular weight excluding hydrogens is 472 g/mol. The Morgan fingerprint density at radius 3 is 2.24 bits per heavy atom. The topological polar surface area (TPSA) is 111 Å². The zero-order valence-corrected chi connectivity index (χ0v) is 20.6. The highest BCUT2D eigenvalue weighted by Crippen LogP contribution is 2.32. The van der Waals surface area contributed by atoms with E-state index in [1.165, 1.54) is 0 Å². The van der Waals surface area contributed by atoms with Crippen LogP contribution < -0.4 is 5.32 Å². The van der Waals surface area contributed by atoms with Gasteiger partial charge in [-0.2, -0.15) is 0 Å². The van der Waals surface area contributed by atoms with Crippen LogP contribution >= 0.6 is 0 Å². The maximum Gasteiger partial charge on any atom is 0.412 e. The number of ether oxygens (including phenoxy) is 2. The largest absolute Gasteiger partial charge is 0.479 e. The molecule has 2 N–H and O–H groups in total. The number of carboxylic acids is 1. The fourth-order valence-corrected chi connectivity index (χ4v) is 3.79. The van der Waals surface area contributed by atoms with Gasteiger partial charge in [0.1, 0.15) is 17.5 Å². The van der Waals surface area contributed by atoms with Gasteiger partial charge in [0.25, 0.3) is 0 Å². The van der Waals surface area contributed by atoms with Crippen molar-refractivity contribution in [1.82, 2.24) is 5.16 Å². The number of hydrogen-bond acceptors (Lipinski definition) is 6. The normalized spacial score (nSPS) is 12.5. The second-order valence-electron chi connectivity index (χ2n) is 8.58. The third-order valence-corrected chi connectivity index (χ3v) is 5.85. The van der Waals surface area contributed by atoms with Crippen LogP contribution in [-0.4, -0.2) is 28.4 Å². The average molecular weight is 501 g/mol. The molecule has 2 unspecified atom stereocenters. The van der Waals surface area contributed by atoms with Gasteiger partial charge in [0, 0.05) is 12.0 Å². The Balaban J connectivity index is 1.39. The Labute approximate surface area is 214 Å². The summed E-state index contributed by atoms with van der Waals surface area (Å²) in [7, 11) is 0. The van der Waals surface area contributed by atoms with E-state index in [-0.39, 0.29) is 13.0 Å². The van der Waals surface area contributed by atoms with Crippen molar-refractivity contribution in [2.45, 2.75) is 39.1 Å². The number of benzene rings is 3. The predicted octanol–water partition coefficient (Wildman–Crippen LogP) is 6.17. The number of rotatable bonds is 10. The molecule has 190 valence electrons.